The molecule has 20 heavy (non-hydrogen) atoms. The van der Waals surface area contributed by atoms with Crippen molar-refractivity contribution in [2.45, 2.75) is 38.6 Å². The predicted molar refractivity (Wildman–Crippen MR) is 78.8 cm³/mol. The fraction of sp³-hybridized carbons (Fsp3) is 0.667. The number of anilines is 1. The quantitative estimate of drug-likeness (QED) is 0.887. The maximum atomic E-state index is 5.92. The van der Waals surface area contributed by atoms with Crippen molar-refractivity contribution >= 4 is 17.5 Å². The van der Waals surface area contributed by atoms with Crippen molar-refractivity contribution in [2.75, 3.05) is 18.0 Å². The van der Waals surface area contributed by atoms with Crippen molar-refractivity contribution in [3.05, 3.63) is 5.69 Å². The van der Waals surface area contributed by atoms with E-state index in [4.69, 9.17) is 5.73 Å². The predicted octanol–water partition coefficient (Wildman–Crippen LogP) is 1.37. The van der Waals surface area contributed by atoms with Crippen molar-refractivity contribution in [2.24, 2.45) is 5.73 Å². The lowest BCUT2D eigenvalue weighted by atomic mass is 10.1. The third-order valence-corrected chi connectivity index (χ3v) is 4.32. The highest BCUT2D eigenvalue weighted by atomic mass is 32.1. The first kappa shape index (κ1) is 13.4. The molecule has 3 rings (SSSR count). The molecule has 0 amide bonds. The zero-order chi connectivity index (χ0) is 14.1. The number of piperidine rings is 1. The van der Waals surface area contributed by atoms with Crippen LogP contribution in [0.3, 0.4) is 0 Å². The number of nitrogens with zero attached hydrogens (tertiary/aromatic N) is 5. The van der Waals surface area contributed by atoms with Crippen LogP contribution in [0.15, 0.2) is 0 Å². The standard InChI is InChI=1S/C12H19N7S/c1-7(2)9-10(20-18-15-9)11-14-12(17-16-11)19-5-3-8(13)4-6-19/h7-8H,3-6,13H2,1-2H3,(H,14,16,17). The van der Waals surface area contributed by atoms with E-state index in [2.05, 4.69) is 43.5 Å². The van der Waals surface area contributed by atoms with Crippen molar-refractivity contribution in [3.63, 3.8) is 0 Å². The molecule has 7 nitrogen and oxygen atoms in total. The van der Waals surface area contributed by atoms with Gasteiger partial charge in [-0.3, -0.25) is 5.10 Å². The summed E-state index contributed by atoms with van der Waals surface area (Å²) in [4.78, 5) is 7.75. The van der Waals surface area contributed by atoms with Gasteiger partial charge in [-0.15, -0.1) is 10.2 Å². The highest BCUT2D eigenvalue weighted by Gasteiger charge is 2.22. The molecular weight excluding hydrogens is 274 g/mol. The van der Waals surface area contributed by atoms with Gasteiger partial charge in [0.1, 0.15) is 4.88 Å². The van der Waals surface area contributed by atoms with Crippen LogP contribution in [-0.2, 0) is 0 Å². The summed E-state index contributed by atoms with van der Waals surface area (Å²) in [5.41, 5.74) is 6.89. The SMILES string of the molecule is CC(C)c1nnsc1-c1nc(N2CCC(N)CC2)n[nH]1. The molecule has 2 aromatic rings. The summed E-state index contributed by atoms with van der Waals surface area (Å²) in [5, 5.41) is 11.5. The van der Waals surface area contributed by atoms with Gasteiger partial charge in [0.15, 0.2) is 5.82 Å². The Morgan fingerprint density at radius 3 is 2.80 bits per heavy atom. The Morgan fingerprint density at radius 1 is 1.35 bits per heavy atom. The minimum absolute atomic E-state index is 0.308. The van der Waals surface area contributed by atoms with Crippen molar-refractivity contribution in [1.29, 1.82) is 0 Å². The van der Waals surface area contributed by atoms with Crippen LogP contribution in [0.1, 0.15) is 38.3 Å². The van der Waals surface area contributed by atoms with E-state index in [0.717, 1.165) is 48.3 Å². The molecule has 0 bridgehead atoms. The third-order valence-electron chi connectivity index (χ3n) is 3.57. The van der Waals surface area contributed by atoms with Crippen LogP contribution >= 0.6 is 11.5 Å². The highest BCUT2D eigenvalue weighted by molar-refractivity contribution is 7.09. The minimum Gasteiger partial charge on any atom is -0.339 e. The first-order valence-corrected chi connectivity index (χ1v) is 7.68. The van der Waals surface area contributed by atoms with Crippen LogP contribution in [0, 0.1) is 0 Å². The molecule has 8 heteroatoms. The van der Waals surface area contributed by atoms with E-state index in [9.17, 15) is 0 Å². The molecule has 0 aromatic carbocycles. The molecular formula is C12H19N7S. The molecule has 0 radical (unpaired) electrons. The van der Waals surface area contributed by atoms with Crippen molar-refractivity contribution in [1.82, 2.24) is 24.8 Å². The molecule has 3 heterocycles. The Balaban J connectivity index is 1.81. The fourth-order valence-electron chi connectivity index (χ4n) is 2.33. The second-order valence-electron chi connectivity index (χ2n) is 5.45. The molecule has 1 fully saturated rings. The van der Waals surface area contributed by atoms with Gasteiger partial charge in [-0.25, -0.2) is 0 Å². The average molecular weight is 293 g/mol. The fourth-order valence-corrected chi connectivity index (χ4v) is 3.09. The summed E-state index contributed by atoms with van der Waals surface area (Å²) in [6.07, 6.45) is 1.98. The Morgan fingerprint density at radius 2 is 2.10 bits per heavy atom. The number of aromatic amines is 1. The molecule has 108 valence electrons. The number of nitrogens with two attached hydrogens (primary N) is 1. The van der Waals surface area contributed by atoms with Gasteiger partial charge in [-0.1, -0.05) is 18.3 Å². The summed E-state index contributed by atoms with van der Waals surface area (Å²) < 4.78 is 4.03. The number of hydrogen-bond donors (Lipinski definition) is 2. The molecule has 0 unspecified atom stereocenters. The van der Waals surface area contributed by atoms with E-state index in [1.165, 1.54) is 11.5 Å². The first-order valence-electron chi connectivity index (χ1n) is 6.90. The lowest BCUT2D eigenvalue weighted by Crippen LogP contribution is -2.40. The van der Waals surface area contributed by atoms with E-state index in [1.54, 1.807) is 0 Å². The van der Waals surface area contributed by atoms with E-state index >= 15 is 0 Å². The van der Waals surface area contributed by atoms with Crippen LogP contribution in [-0.4, -0.2) is 43.9 Å². The van der Waals surface area contributed by atoms with Crippen LogP contribution in [0.2, 0.25) is 0 Å². The molecule has 1 aliphatic heterocycles. The lowest BCUT2D eigenvalue weighted by molar-refractivity contribution is 0.496. The van der Waals surface area contributed by atoms with Gasteiger partial charge in [0.25, 0.3) is 0 Å². The van der Waals surface area contributed by atoms with E-state index in [0.29, 0.717) is 12.0 Å². The zero-order valence-electron chi connectivity index (χ0n) is 11.7. The van der Waals surface area contributed by atoms with Gasteiger partial charge >= 0.3 is 0 Å². The largest absolute Gasteiger partial charge is 0.339 e. The van der Waals surface area contributed by atoms with E-state index in [1.807, 2.05) is 0 Å². The third kappa shape index (κ3) is 2.53. The molecule has 1 saturated heterocycles. The van der Waals surface area contributed by atoms with Gasteiger partial charge in [0.05, 0.1) is 5.69 Å². The van der Waals surface area contributed by atoms with E-state index in [-0.39, 0.29) is 0 Å². The first-order chi connectivity index (χ1) is 9.65. The summed E-state index contributed by atoms with van der Waals surface area (Å²) in [6, 6.07) is 0.308. The van der Waals surface area contributed by atoms with Crippen LogP contribution in [0.25, 0.3) is 10.7 Å². The molecule has 1 aliphatic rings. The summed E-state index contributed by atoms with van der Waals surface area (Å²) in [6.45, 7) is 6.03. The van der Waals surface area contributed by atoms with Crippen molar-refractivity contribution < 1.29 is 0 Å². The molecule has 3 N–H and O–H groups in total. The van der Waals surface area contributed by atoms with Gasteiger partial charge in [0.2, 0.25) is 5.95 Å². The topological polar surface area (TPSA) is 96.6 Å². The average Bonchev–Trinajstić information content (AvgIpc) is 3.08. The molecule has 0 atom stereocenters. The Kier molecular flexibility index (Phi) is 3.66. The van der Waals surface area contributed by atoms with E-state index < -0.39 is 0 Å². The second kappa shape index (κ2) is 5.45. The maximum Gasteiger partial charge on any atom is 0.245 e. The van der Waals surface area contributed by atoms with Gasteiger partial charge < -0.3 is 10.6 Å². The second-order valence-corrected chi connectivity index (χ2v) is 6.20. The summed E-state index contributed by atoms with van der Waals surface area (Å²) in [7, 11) is 0. The highest BCUT2D eigenvalue weighted by Crippen LogP contribution is 2.29. The number of aromatic nitrogens is 5. The van der Waals surface area contributed by atoms with Gasteiger partial charge in [0, 0.05) is 19.1 Å². The molecule has 0 saturated carbocycles. The molecule has 2 aromatic heterocycles. The van der Waals surface area contributed by atoms with Crippen molar-refractivity contribution in [3.8, 4) is 10.7 Å². The Hall–Kier alpha value is -1.54. The maximum absolute atomic E-state index is 5.92. The monoisotopic (exact) mass is 293 g/mol. The summed E-state index contributed by atoms with van der Waals surface area (Å²) >= 11 is 1.36. The zero-order valence-corrected chi connectivity index (χ0v) is 12.5. The van der Waals surface area contributed by atoms with Crippen LogP contribution in [0.4, 0.5) is 5.95 Å². The Bertz CT molecular complexity index is 568. The van der Waals surface area contributed by atoms with Gasteiger partial charge in [-0.05, 0) is 30.3 Å². The summed E-state index contributed by atoms with van der Waals surface area (Å²) in [5.74, 6) is 1.83. The van der Waals surface area contributed by atoms with Crippen LogP contribution < -0.4 is 10.6 Å². The lowest BCUT2D eigenvalue weighted by Gasteiger charge is -2.28. The number of H-pyrrole nitrogens is 1. The molecule has 0 spiro atoms. The normalized spacial score (nSPS) is 17.1. The molecule has 0 aliphatic carbocycles. The number of nitrogens with one attached hydrogen (secondary N) is 1. The number of hydrogen-bond acceptors (Lipinski definition) is 7. The smallest absolute Gasteiger partial charge is 0.245 e. The number of rotatable bonds is 3. The Labute approximate surface area is 121 Å². The van der Waals surface area contributed by atoms with Crippen LogP contribution in [0.5, 0.6) is 0 Å². The minimum atomic E-state index is 0.308. The van der Waals surface area contributed by atoms with Gasteiger partial charge in [-0.2, -0.15) is 4.98 Å².